The van der Waals surface area contributed by atoms with Gasteiger partial charge < -0.3 is 10.2 Å². The number of furan rings is 1. The Balaban J connectivity index is 2.28. The summed E-state index contributed by atoms with van der Waals surface area (Å²) in [6.07, 6.45) is 0.948. The van der Waals surface area contributed by atoms with Crippen LogP contribution in [0.3, 0.4) is 0 Å². The number of para-hydroxylation sites is 1. The van der Waals surface area contributed by atoms with Crippen LogP contribution in [0.1, 0.15) is 22.5 Å². The van der Waals surface area contributed by atoms with Crippen molar-refractivity contribution in [3.63, 3.8) is 0 Å². The summed E-state index contributed by atoms with van der Waals surface area (Å²) < 4.78 is 5.73. The van der Waals surface area contributed by atoms with E-state index in [1.807, 2.05) is 24.3 Å². The lowest BCUT2D eigenvalue weighted by molar-refractivity contribution is 0.0953. The summed E-state index contributed by atoms with van der Waals surface area (Å²) in [6, 6.07) is 7.45. The number of fused-ring (bicyclic) bond motifs is 1. The average Bonchev–Trinajstić information content (AvgIpc) is 2.81. The monoisotopic (exact) mass is 279 g/mol. The van der Waals surface area contributed by atoms with Crippen molar-refractivity contribution in [1.29, 1.82) is 0 Å². The Morgan fingerprint density at radius 2 is 2.16 bits per heavy atom. The minimum atomic E-state index is -0.320. The van der Waals surface area contributed by atoms with Gasteiger partial charge in [0, 0.05) is 5.39 Å². The molecule has 102 valence electrons. The van der Waals surface area contributed by atoms with Gasteiger partial charge in [0.05, 0.1) is 11.3 Å². The van der Waals surface area contributed by atoms with Crippen molar-refractivity contribution in [2.45, 2.75) is 12.2 Å². The summed E-state index contributed by atoms with van der Waals surface area (Å²) in [5.41, 5.74) is 8.86. The van der Waals surface area contributed by atoms with Gasteiger partial charge in [0.15, 0.2) is 0 Å². The highest BCUT2D eigenvalue weighted by Crippen LogP contribution is 2.28. The summed E-state index contributed by atoms with van der Waals surface area (Å²) in [5, 5.41) is 0.792. The van der Waals surface area contributed by atoms with Crippen molar-refractivity contribution in [1.82, 2.24) is 5.43 Å². The number of carbonyl (C=O) groups is 1. The predicted molar refractivity (Wildman–Crippen MR) is 77.7 cm³/mol. The van der Waals surface area contributed by atoms with Crippen LogP contribution in [-0.4, -0.2) is 18.2 Å². The van der Waals surface area contributed by atoms with Crippen molar-refractivity contribution < 1.29 is 9.21 Å². The molecule has 5 N–H and O–H groups in total. The van der Waals surface area contributed by atoms with Gasteiger partial charge in [-0.2, -0.15) is 11.8 Å². The van der Waals surface area contributed by atoms with E-state index in [0.29, 0.717) is 29.2 Å². The Morgan fingerprint density at radius 1 is 1.37 bits per heavy atom. The lowest BCUT2D eigenvalue weighted by atomic mass is 10.1. The Morgan fingerprint density at radius 3 is 2.89 bits per heavy atom. The van der Waals surface area contributed by atoms with Gasteiger partial charge >= 0.3 is 0 Å². The van der Waals surface area contributed by atoms with Gasteiger partial charge in [0.25, 0.3) is 5.91 Å². The highest BCUT2D eigenvalue weighted by molar-refractivity contribution is 7.98. The van der Waals surface area contributed by atoms with Crippen LogP contribution in [-0.2, 0) is 5.75 Å². The maximum Gasteiger partial charge on any atom is 0.269 e. The molecule has 0 aliphatic rings. The molecule has 0 fully saturated rings. The second-order valence-corrected chi connectivity index (χ2v) is 5.17. The van der Waals surface area contributed by atoms with E-state index in [9.17, 15) is 4.79 Å². The molecule has 5 nitrogen and oxygen atoms in total. The summed E-state index contributed by atoms with van der Waals surface area (Å²) in [5.74, 6) is 7.15. The number of hydrazine groups is 1. The lowest BCUT2D eigenvalue weighted by Gasteiger charge is -2.01. The quantitative estimate of drug-likeness (QED) is 0.323. The van der Waals surface area contributed by atoms with Gasteiger partial charge in [-0.15, -0.1) is 0 Å². The van der Waals surface area contributed by atoms with Crippen molar-refractivity contribution in [3.05, 3.63) is 35.6 Å². The molecule has 0 aliphatic carbocycles. The third-order valence-electron chi connectivity index (χ3n) is 2.75. The molecule has 0 atom stereocenters. The third kappa shape index (κ3) is 3.09. The number of nitrogens with two attached hydrogens (primary N) is 2. The second-order valence-electron chi connectivity index (χ2n) is 4.06. The van der Waals surface area contributed by atoms with Gasteiger partial charge in [-0.1, -0.05) is 18.2 Å². The predicted octanol–water partition coefficient (Wildman–Crippen LogP) is 1.62. The minimum Gasteiger partial charge on any atom is -0.459 e. The van der Waals surface area contributed by atoms with Crippen molar-refractivity contribution in [3.8, 4) is 0 Å². The van der Waals surface area contributed by atoms with Crippen LogP contribution < -0.4 is 17.0 Å². The second kappa shape index (κ2) is 6.60. The fourth-order valence-electron chi connectivity index (χ4n) is 1.87. The SMILES string of the molecule is NCCCSCc1oc2ccccc2c1C(=O)NN. The highest BCUT2D eigenvalue weighted by Gasteiger charge is 2.19. The number of carbonyl (C=O) groups excluding carboxylic acids is 1. The van der Waals surface area contributed by atoms with Crippen LogP contribution in [0, 0.1) is 0 Å². The zero-order chi connectivity index (χ0) is 13.7. The molecule has 6 heteroatoms. The molecule has 0 bridgehead atoms. The molecule has 1 aromatic carbocycles. The van der Waals surface area contributed by atoms with E-state index in [2.05, 4.69) is 5.43 Å². The van der Waals surface area contributed by atoms with Gasteiger partial charge in [0.1, 0.15) is 11.3 Å². The first-order valence-corrected chi connectivity index (χ1v) is 7.22. The van der Waals surface area contributed by atoms with Crippen molar-refractivity contribution >= 4 is 28.6 Å². The molecule has 1 amide bonds. The number of hydrogen-bond donors (Lipinski definition) is 3. The Hall–Kier alpha value is -1.50. The number of thioether (sulfide) groups is 1. The van der Waals surface area contributed by atoms with Crippen LogP contribution in [0.2, 0.25) is 0 Å². The molecule has 0 unspecified atom stereocenters. The van der Waals surface area contributed by atoms with E-state index < -0.39 is 0 Å². The van der Waals surface area contributed by atoms with Gasteiger partial charge in [-0.05, 0) is 24.8 Å². The van der Waals surface area contributed by atoms with E-state index in [4.69, 9.17) is 16.0 Å². The van der Waals surface area contributed by atoms with E-state index in [1.54, 1.807) is 11.8 Å². The maximum atomic E-state index is 11.9. The Kier molecular flexibility index (Phi) is 4.84. The Labute approximate surface area is 115 Å². The number of benzene rings is 1. The van der Waals surface area contributed by atoms with E-state index in [1.165, 1.54) is 0 Å². The molecule has 1 aromatic heterocycles. The first-order chi connectivity index (χ1) is 9.27. The fraction of sp³-hybridized carbons (Fsp3) is 0.308. The molecule has 2 rings (SSSR count). The van der Waals surface area contributed by atoms with Gasteiger partial charge in [-0.3, -0.25) is 10.2 Å². The average molecular weight is 279 g/mol. The number of hydrogen-bond acceptors (Lipinski definition) is 5. The number of nitrogen functional groups attached to an aromatic ring is 1. The smallest absolute Gasteiger partial charge is 0.269 e. The highest BCUT2D eigenvalue weighted by atomic mass is 32.2. The van der Waals surface area contributed by atoms with Crippen LogP contribution in [0.15, 0.2) is 28.7 Å². The van der Waals surface area contributed by atoms with Crippen LogP contribution in [0.25, 0.3) is 11.0 Å². The molecule has 0 aliphatic heterocycles. The zero-order valence-corrected chi connectivity index (χ0v) is 11.3. The largest absolute Gasteiger partial charge is 0.459 e. The number of rotatable bonds is 6. The summed E-state index contributed by atoms with van der Waals surface area (Å²) in [4.78, 5) is 11.9. The van der Waals surface area contributed by atoms with Crippen molar-refractivity contribution in [2.24, 2.45) is 11.6 Å². The zero-order valence-electron chi connectivity index (χ0n) is 10.5. The molecule has 1 heterocycles. The summed E-state index contributed by atoms with van der Waals surface area (Å²) >= 11 is 1.69. The molecule has 0 saturated heterocycles. The lowest BCUT2D eigenvalue weighted by Crippen LogP contribution is -2.30. The maximum absolute atomic E-state index is 11.9. The normalized spacial score (nSPS) is 10.8. The van der Waals surface area contributed by atoms with E-state index >= 15 is 0 Å². The molecular weight excluding hydrogens is 262 g/mol. The molecular formula is C13H17N3O2S. The molecule has 2 aromatic rings. The van der Waals surface area contributed by atoms with Crippen LogP contribution >= 0.6 is 11.8 Å². The first-order valence-electron chi connectivity index (χ1n) is 6.07. The van der Waals surface area contributed by atoms with Crippen LogP contribution in [0.5, 0.6) is 0 Å². The number of nitrogens with one attached hydrogen (secondary N) is 1. The van der Waals surface area contributed by atoms with E-state index in [0.717, 1.165) is 17.6 Å². The van der Waals surface area contributed by atoms with Gasteiger partial charge in [0.2, 0.25) is 0 Å². The van der Waals surface area contributed by atoms with Crippen molar-refractivity contribution in [2.75, 3.05) is 12.3 Å². The number of amides is 1. The Bertz CT molecular complexity index is 568. The van der Waals surface area contributed by atoms with E-state index in [-0.39, 0.29) is 5.91 Å². The van der Waals surface area contributed by atoms with Crippen LogP contribution in [0.4, 0.5) is 0 Å². The topological polar surface area (TPSA) is 94.3 Å². The molecule has 19 heavy (non-hydrogen) atoms. The molecule has 0 spiro atoms. The minimum absolute atomic E-state index is 0.320. The molecule has 0 saturated carbocycles. The first kappa shape index (κ1) is 13.9. The van der Waals surface area contributed by atoms with Gasteiger partial charge in [-0.25, -0.2) is 5.84 Å². The molecule has 0 radical (unpaired) electrons. The summed E-state index contributed by atoms with van der Waals surface area (Å²) in [7, 11) is 0. The standard InChI is InChI=1S/C13H17N3O2S/c14-6-3-7-19-8-11-12(13(17)16-15)9-4-1-2-5-10(9)18-11/h1-2,4-5H,3,6-8,14-15H2,(H,16,17). The summed E-state index contributed by atoms with van der Waals surface area (Å²) in [6.45, 7) is 0.670. The fourth-order valence-corrected chi connectivity index (χ4v) is 2.77. The third-order valence-corrected chi connectivity index (χ3v) is 3.80.